The minimum atomic E-state index is -4.53. The number of nitrogens with zero attached hydrogens (tertiary/aromatic N) is 1. The standard InChI is InChI=1S/C23H24F3N3O2/c24-23(25,26)16-6-4-5-15(13-16)21(30)28-18-9-10-20(29-11-2-1-3-12-29)19(14-18)22(31)27-17-7-8-17/h4-6,9-10,13-14,17H,1-3,7-8,11-12H2,(H,27,31)(H,28,30). The van der Waals surface area contributed by atoms with E-state index < -0.39 is 17.6 Å². The Kier molecular flexibility index (Phi) is 5.89. The van der Waals surface area contributed by atoms with Gasteiger partial charge in [-0.3, -0.25) is 9.59 Å². The molecule has 1 saturated carbocycles. The van der Waals surface area contributed by atoms with Gasteiger partial charge in [0.1, 0.15) is 0 Å². The molecule has 1 aliphatic heterocycles. The summed E-state index contributed by atoms with van der Waals surface area (Å²) in [5.74, 6) is -0.858. The lowest BCUT2D eigenvalue weighted by Crippen LogP contribution is -2.33. The minimum Gasteiger partial charge on any atom is -0.371 e. The van der Waals surface area contributed by atoms with E-state index in [0.717, 1.165) is 63.0 Å². The molecule has 4 rings (SSSR count). The minimum absolute atomic E-state index is 0.0982. The van der Waals surface area contributed by atoms with E-state index >= 15 is 0 Å². The van der Waals surface area contributed by atoms with Gasteiger partial charge in [-0.2, -0.15) is 13.2 Å². The number of hydrogen-bond acceptors (Lipinski definition) is 3. The predicted octanol–water partition coefficient (Wildman–Crippen LogP) is 4.84. The summed E-state index contributed by atoms with van der Waals surface area (Å²) in [6, 6.07) is 9.54. The summed E-state index contributed by atoms with van der Waals surface area (Å²) in [6.45, 7) is 1.72. The fourth-order valence-electron chi connectivity index (χ4n) is 3.74. The van der Waals surface area contributed by atoms with E-state index in [1.165, 1.54) is 12.1 Å². The maximum Gasteiger partial charge on any atom is 0.416 e. The molecule has 2 N–H and O–H groups in total. The van der Waals surface area contributed by atoms with Crippen LogP contribution in [-0.2, 0) is 6.18 Å². The van der Waals surface area contributed by atoms with Crippen molar-refractivity contribution in [1.82, 2.24) is 5.32 Å². The lowest BCUT2D eigenvalue weighted by atomic mass is 10.1. The van der Waals surface area contributed by atoms with Gasteiger partial charge in [0, 0.05) is 36.1 Å². The van der Waals surface area contributed by atoms with Gasteiger partial charge in [0.25, 0.3) is 11.8 Å². The molecular formula is C23H24F3N3O2. The largest absolute Gasteiger partial charge is 0.416 e. The van der Waals surface area contributed by atoms with Crippen LogP contribution in [0.15, 0.2) is 42.5 Å². The molecule has 0 unspecified atom stereocenters. The smallest absolute Gasteiger partial charge is 0.371 e. The van der Waals surface area contributed by atoms with E-state index in [1.54, 1.807) is 18.2 Å². The number of carbonyl (C=O) groups excluding carboxylic acids is 2. The van der Waals surface area contributed by atoms with Crippen LogP contribution in [0.2, 0.25) is 0 Å². The summed E-state index contributed by atoms with van der Waals surface area (Å²) in [5, 5.41) is 5.61. The predicted molar refractivity (Wildman–Crippen MR) is 112 cm³/mol. The number of halogens is 3. The van der Waals surface area contributed by atoms with Crippen LogP contribution in [0.3, 0.4) is 0 Å². The van der Waals surface area contributed by atoms with Gasteiger partial charge in [0.15, 0.2) is 0 Å². The average Bonchev–Trinajstić information content (AvgIpc) is 3.58. The van der Waals surface area contributed by atoms with Gasteiger partial charge in [0.05, 0.1) is 11.1 Å². The first-order chi connectivity index (χ1) is 14.8. The van der Waals surface area contributed by atoms with Crippen molar-refractivity contribution >= 4 is 23.2 Å². The maximum absolute atomic E-state index is 12.9. The SMILES string of the molecule is O=C(Nc1ccc(N2CCCCC2)c(C(=O)NC2CC2)c1)c1cccc(C(F)(F)F)c1. The van der Waals surface area contributed by atoms with Gasteiger partial charge in [-0.05, 0) is 68.5 Å². The summed E-state index contributed by atoms with van der Waals surface area (Å²) < 4.78 is 38.8. The third-order valence-corrected chi connectivity index (χ3v) is 5.56. The quantitative estimate of drug-likeness (QED) is 0.712. The highest BCUT2D eigenvalue weighted by atomic mass is 19.4. The van der Waals surface area contributed by atoms with Crippen molar-refractivity contribution in [3.8, 4) is 0 Å². The third-order valence-electron chi connectivity index (χ3n) is 5.56. The Morgan fingerprint density at radius 2 is 1.68 bits per heavy atom. The van der Waals surface area contributed by atoms with Gasteiger partial charge in [-0.15, -0.1) is 0 Å². The molecule has 1 heterocycles. The summed E-state index contributed by atoms with van der Waals surface area (Å²) in [5.41, 5.74) is 0.665. The molecule has 0 bridgehead atoms. The van der Waals surface area contributed by atoms with Gasteiger partial charge >= 0.3 is 6.18 Å². The van der Waals surface area contributed by atoms with Crippen LogP contribution in [0.4, 0.5) is 24.5 Å². The lowest BCUT2D eigenvalue weighted by molar-refractivity contribution is -0.137. The molecule has 0 aromatic heterocycles. The lowest BCUT2D eigenvalue weighted by Gasteiger charge is -2.30. The van der Waals surface area contributed by atoms with Crippen molar-refractivity contribution in [3.63, 3.8) is 0 Å². The van der Waals surface area contributed by atoms with Crippen molar-refractivity contribution in [2.45, 2.75) is 44.3 Å². The number of benzene rings is 2. The first-order valence-corrected chi connectivity index (χ1v) is 10.5. The second kappa shape index (κ2) is 8.61. The molecule has 1 aliphatic carbocycles. The molecule has 1 saturated heterocycles. The number of nitrogens with one attached hydrogen (secondary N) is 2. The molecule has 2 fully saturated rings. The number of hydrogen-bond donors (Lipinski definition) is 2. The molecule has 31 heavy (non-hydrogen) atoms. The first kappa shape index (κ1) is 21.2. The zero-order valence-corrected chi connectivity index (χ0v) is 17.0. The molecular weight excluding hydrogens is 407 g/mol. The fraction of sp³-hybridized carbons (Fsp3) is 0.391. The molecule has 0 spiro atoms. The maximum atomic E-state index is 12.9. The van der Waals surface area contributed by atoms with E-state index in [-0.39, 0.29) is 17.5 Å². The van der Waals surface area contributed by atoms with E-state index in [1.807, 2.05) is 0 Å². The monoisotopic (exact) mass is 431 g/mol. The molecule has 2 aromatic carbocycles. The van der Waals surface area contributed by atoms with Crippen LogP contribution >= 0.6 is 0 Å². The third kappa shape index (κ3) is 5.18. The van der Waals surface area contributed by atoms with Crippen LogP contribution in [0.5, 0.6) is 0 Å². The topological polar surface area (TPSA) is 61.4 Å². The van der Waals surface area contributed by atoms with E-state index in [2.05, 4.69) is 15.5 Å². The molecule has 8 heteroatoms. The van der Waals surface area contributed by atoms with Crippen molar-refractivity contribution in [1.29, 1.82) is 0 Å². The van der Waals surface area contributed by atoms with Gasteiger partial charge in [-0.1, -0.05) is 6.07 Å². The first-order valence-electron chi connectivity index (χ1n) is 10.5. The summed E-state index contributed by atoms with van der Waals surface area (Å²) in [6.07, 6.45) is 0.647. The highest BCUT2D eigenvalue weighted by Crippen LogP contribution is 2.31. The van der Waals surface area contributed by atoms with Gasteiger partial charge in [-0.25, -0.2) is 0 Å². The second-order valence-electron chi connectivity index (χ2n) is 8.06. The van der Waals surface area contributed by atoms with Crippen molar-refractivity contribution in [2.24, 2.45) is 0 Å². The number of carbonyl (C=O) groups is 2. The molecule has 2 amide bonds. The Balaban J connectivity index is 1.58. The molecule has 2 aliphatic rings. The fourth-order valence-corrected chi connectivity index (χ4v) is 3.74. The zero-order chi connectivity index (χ0) is 22.0. The van der Waals surface area contributed by atoms with Crippen LogP contribution in [0.25, 0.3) is 0 Å². The average molecular weight is 431 g/mol. The highest BCUT2D eigenvalue weighted by molar-refractivity contribution is 6.06. The van der Waals surface area contributed by atoms with E-state index in [9.17, 15) is 22.8 Å². The Morgan fingerprint density at radius 3 is 2.35 bits per heavy atom. The summed E-state index contributed by atoms with van der Waals surface area (Å²) in [7, 11) is 0. The molecule has 5 nitrogen and oxygen atoms in total. The van der Waals surface area contributed by atoms with Crippen LogP contribution < -0.4 is 15.5 Å². The number of alkyl halides is 3. The van der Waals surface area contributed by atoms with E-state index in [4.69, 9.17) is 0 Å². The number of anilines is 2. The van der Waals surface area contributed by atoms with Crippen LogP contribution in [0, 0.1) is 0 Å². The van der Waals surface area contributed by atoms with Crippen LogP contribution in [0.1, 0.15) is 58.4 Å². The normalized spacial score (nSPS) is 16.7. The molecule has 164 valence electrons. The molecule has 2 aromatic rings. The Bertz CT molecular complexity index is 980. The molecule has 0 atom stereocenters. The Hall–Kier alpha value is -3.03. The summed E-state index contributed by atoms with van der Waals surface area (Å²) in [4.78, 5) is 27.6. The van der Waals surface area contributed by atoms with Crippen LogP contribution in [-0.4, -0.2) is 30.9 Å². The number of rotatable bonds is 5. The highest BCUT2D eigenvalue weighted by Gasteiger charge is 2.31. The van der Waals surface area contributed by atoms with Crippen molar-refractivity contribution < 1.29 is 22.8 Å². The van der Waals surface area contributed by atoms with E-state index in [0.29, 0.717) is 11.3 Å². The van der Waals surface area contributed by atoms with Crippen molar-refractivity contribution in [3.05, 3.63) is 59.2 Å². The molecule has 0 radical (unpaired) electrons. The second-order valence-corrected chi connectivity index (χ2v) is 8.06. The van der Waals surface area contributed by atoms with Gasteiger partial charge < -0.3 is 15.5 Å². The Morgan fingerprint density at radius 1 is 0.935 bits per heavy atom. The van der Waals surface area contributed by atoms with Crippen molar-refractivity contribution in [2.75, 3.05) is 23.3 Å². The zero-order valence-electron chi connectivity index (χ0n) is 17.0. The summed E-state index contributed by atoms with van der Waals surface area (Å²) >= 11 is 0. The number of amides is 2. The number of piperidine rings is 1. The van der Waals surface area contributed by atoms with Gasteiger partial charge in [0.2, 0.25) is 0 Å². The Labute approximate surface area is 178 Å².